The zero-order chi connectivity index (χ0) is 20.7. The molecule has 2 rings (SSSR count). The maximum absolute atomic E-state index is 12.6. The summed E-state index contributed by atoms with van der Waals surface area (Å²) in [6, 6.07) is 12.1. The number of benzene rings is 2. The van der Waals surface area contributed by atoms with E-state index < -0.39 is 0 Å². The van der Waals surface area contributed by atoms with Gasteiger partial charge in [-0.15, -0.1) is 0 Å². The first-order chi connectivity index (χ1) is 13.3. The van der Waals surface area contributed by atoms with Crippen LogP contribution >= 0.6 is 0 Å². The van der Waals surface area contributed by atoms with Crippen LogP contribution in [0.4, 0.5) is 5.69 Å². The van der Waals surface area contributed by atoms with Crippen LogP contribution in [0.3, 0.4) is 0 Å². The quantitative estimate of drug-likeness (QED) is 0.702. The molecule has 0 saturated carbocycles. The van der Waals surface area contributed by atoms with Crippen LogP contribution in [0, 0.1) is 6.92 Å². The van der Waals surface area contributed by atoms with Gasteiger partial charge in [-0.25, -0.2) is 0 Å². The molecule has 2 aromatic carbocycles. The standard InChI is InChI=1S/C23H32N2O3/c1-16(2)19-9-7-8-17(3)23(19)24-22(26)15-25(4)13-12-18-10-11-20(27-5)21(14-18)28-6/h7-11,14,16H,12-13,15H2,1-6H3,(H,24,26). The summed E-state index contributed by atoms with van der Waals surface area (Å²) in [7, 11) is 5.22. The number of ether oxygens (including phenoxy) is 2. The predicted octanol–water partition coefficient (Wildman–Crippen LogP) is 4.25. The molecule has 0 radical (unpaired) electrons. The van der Waals surface area contributed by atoms with Crippen LogP contribution in [-0.2, 0) is 11.2 Å². The van der Waals surface area contributed by atoms with Crippen molar-refractivity contribution in [2.24, 2.45) is 0 Å². The maximum Gasteiger partial charge on any atom is 0.238 e. The Morgan fingerprint density at radius 1 is 1.11 bits per heavy atom. The van der Waals surface area contributed by atoms with Crippen LogP contribution in [0.1, 0.15) is 36.5 Å². The fourth-order valence-electron chi connectivity index (χ4n) is 3.20. The number of hydrogen-bond donors (Lipinski definition) is 1. The third-order valence-corrected chi connectivity index (χ3v) is 4.84. The minimum Gasteiger partial charge on any atom is -0.493 e. The number of hydrogen-bond acceptors (Lipinski definition) is 4. The molecule has 5 nitrogen and oxygen atoms in total. The Balaban J connectivity index is 1.93. The number of nitrogens with one attached hydrogen (secondary N) is 1. The molecule has 0 fully saturated rings. The van der Waals surface area contributed by atoms with E-state index in [0.29, 0.717) is 12.5 Å². The Kier molecular flexibility index (Phi) is 7.88. The second kappa shape index (κ2) is 10.1. The molecular weight excluding hydrogens is 352 g/mol. The van der Waals surface area contributed by atoms with Crippen LogP contribution in [0.2, 0.25) is 0 Å². The lowest BCUT2D eigenvalue weighted by atomic mass is 9.98. The fourth-order valence-corrected chi connectivity index (χ4v) is 3.20. The Morgan fingerprint density at radius 3 is 2.46 bits per heavy atom. The number of amides is 1. The molecule has 2 aromatic rings. The maximum atomic E-state index is 12.6. The number of methoxy groups -OCH3 is 2. The van der Waals surface area contributed by atoms with E-state index in [1.807, 2.05) is 49.2 Å². The van der Waals surface area contributed by atoms with Crippen molar-refractivity contribution >= 4 is 11.6 Å². The van der Waals surface area contributed by atoms with Crippen molar-refractivity contribution in [2.45, 2.75) is 33.1 Å². The summed E-state index contributed by atoms with van der Waals surface area (Å²) in [4.78, 5) is 14.6. The third-order valence-electron chi connectivity index (χ3n) is 4.84. The molecule has 1 N–H and O–H groups in total. The van der Waals surface area contributed by atoms with Gasteiger partial charge in [0.05, 0.1) is 20.8 Å². The average molecular weight is 385 g/mol. The second-order valence-corrected chi connectivity index (χ2v) is 7.42. The Morgan fingerprint density at radius 2 is 1.82 bits per heavy atom. The minimum absolute atomic E-state index is 0.00557. The lowest BCUT2D eigenvalue weighted by Gasteiger charge is -2.20. The third kappa shape index (κ3) is 5.73. The van der Waals surface area contributed by atoms with Gasteiger partial charge in [-0.1, -0.05) is 38.1 Å². The van der Waals surface area contributed by atoms with E-state index >= 15 is 0 Å². The van der Waals surface area contributed by atoms with Gasteiger partial charge in [-0.3, -0.25) is 9.69 Å². The van der Waals surface area contributed by atoms with E-state index in [1.165, 1.54) is 5.56 Å². The number of aryl methyl sites for hydroxylation is 1. The summed E-state index contributed by atoms with van der Waals surface area (Å²) in [5, 5.41) is 3.11. The highest BCUT2D eigenvalue weighted by Gasteiger charge is 2.14. The van der Waals surface area contributed by atoms with Gasteiger partial charge in [0.25, 0.3) is 0 Å². The van der Waals surface area contributed by atoms with Crippen molar-refractivity contribution in [1.29, 1.82) is 0 Å². The van der Waals surface area contributed by atoms with Gasteiger partial charge in [-0.05, 0) is 55.1 Å². The second-order valence-electron chi connectivity index (χ2n) is 7.42. The van der Waals surface area contributed by atoms with E-state index in [0.717, 1.165) is 41.3 Å². The van der Waals surface area contributed by atoms with Crippen LogP contribution < -0.4 is 14.8 Å². The predicted molar refractivity (Wildman–Crippen MR) is 115 cm³/mol. The smallest absolute Gasteiger partial charge is 0.238 e. The first kappa shape index (κ1) is 21.8. The van der Waals surface area contributed by atoms with E-state index in [4.69, 9.17) is 9.47 Å². The normalized spacial score (nSPS) is 11.0. The molecular formula is C23H32N2O3. The van der Waals surface area contributed by atoms with Gasteiger partial charge in [0.15, 0.2) is 11.5 Å². The van der Waals surface area contributed by atoms with Crippen molar-refractivity contribution in [2.75, 3.05) is 39.7 Å². The van der Waals surface area contributed by atoms with Gasteiger partial charge in [-0.2, -0.15) is 0 Å². The molecule has 0 aromatic heterocycles. The molecule has 0 saturated heterocycles. The highest BCUT2D eigenvalue weighted by Crippen LogP contribution is 2.28. The van der Waals surface area contributed by atoms with Crippen LogP contribution in [0.5, 0.6) is 11.5 Å². The summed E-state index contributed by atoms with van der Waals surface area (Å²) in [6.45, 7) is 7.43. The van der Waals surface area contributed by atoms with Gasteiger partial charge in [0.2, 0.25) is 5.91 Å². The molecule has 0 unspecified atom stereocenters. The summed E-state index contributed by atoms with van der Waals surface area (Å²) >= 11 is 0. The van der Waals surface area contributed by atoms with E-state index in [-0.39, 0.29) is 5.91 Å². The monoisotopic (exact) mass is 384 g/mol. The average Bonchev–Trinajstić information content (AvgIpc) is 2.67. The highest BCUT2D eigenvalue weighted by molar-refractivity contribution is 5.93. The van der Waals surface area contributed by atoms with Gasteiger partial charge in [0.1, 0.15) is 0 Å². The number of para-hydroxylation sites is 1. The molecule has 5 heteroatoms. The van der Waals surface area contributed by atoms with E-state index in [1.54, 1.807) is 14.2 Å². The van der Waals surface area contributed by atoms with Crippen molar-refractivity contribution in [3.05, 3.63) is 53.1 Å². The summed E-state index contributed by atoms with van der Waals surface area (Å²) < 4.78 is 10.6. The molecule has 152 valence electrons. The molecule has 0 aliphatic heterocycles. The minimum atomic E-state index is 0.00557. The fraction of sp³-hybridized carbons (Fsp3) is 0.435. The summed E-state index contributed by atoms with van der Waals surface area (Å²) in [5.41, 5.74) is 4.34. The molecule has 0 atom stereocenters. The first-order valence-electron chi connectivity index (χ1n) is 9.64. The zero-order valence-corrected chi connectivity index (χ0v) is 17.8. The number of anilines is 1. The number of nitrogens with zero attached hydrogens (tertiary/aromatic N) is 1. The van der Waals surface area contributed by atoms with Crippen molar-refractivity contribution < 1.29 is 14.3 Å². The Bertz CT molecular complexity index is 802. The van der Waals surface area contributed by atoms with Gasteiger partial charge < -0.3 is 14.8 Å². The van der Waals surface area contributed by atoms with Crippen LogP contribution in [0.25, 0.3) is 0 Å². The Labute approximate surface area is 168 Å². The van der Waals surface area contributed by atoms with Crippen LogP contribution in [-0.4, -0.2) is 45.2 Å². The number of carbonyl (C=O) groups is 1. The van der Waals surface area contributed by atoms with E-state index in [9.17, 15) is 4.79 Å². The molecule has 0 heterocycles. The molecule has 0 aliphatic rings. The SMILES string of the molecule is COc1ccc(CCN(C)CC(=O)Nc2c(C)cccc2C(C)C)cc1OC. The molecule has 0 spiro atoms. The Hall–Kier alpha value is -2.53. The molecule has 28 heavy (non-hydrogen) atoms. The van der Waals surface area contributed by atoms with E-state index in [2.05, 4.69) is 25.2 Å². The van der Waals surface area contributed by atoms with Crippen molar-refractivity contribution in [1.82, 2.24) is 4.90 Å². The van der Waals surface area contributed by atoms with Crippen LogP contribution in [0.15, 0.2) is 36.4 Å². The van der Waals surface area contributed by atoms with Gasteiger partial charge >= 0.3 is 0 Å². The summed E-state index contributed by atoms with van der Waals surface area (Å²) in [5.74, 6) is 1.81. The number of rotatable bonds is 9. The molecule has 0 aliphatic carbocycles. The topological polar surface area (TPSA) is 50.8 Å². The largest absolute Gasteiger partial charge is 0.493 e. The highest BCUT2D eigenvalue weighted by atomic mass is 16.5. The first-order valence-corrected chi connectivity index (χ1v) is 9.64. The zero-order valence-electron chi connectivity index (χ0n) is 17.8. The summed E-state index contributed by atoms with van der Waals surface area (Å²) in [6.07, 6.45) is 0.825. The van der Waals surface area contributed by atoms with Crippen molar-refractivity contribution in [3.8, 4) is 11.5 Å². The number of likely N-dealkylation sites (N-methyl/N-ethyl adjacent to an activating group) is 1. The molecule has 0 bridgehead atoms. The van der Waals surface area contributed by atoms with Crippen molar-refractivity contribution in [3.63, 3.8) is 0 Å². The molecule has 1 amide bonds. The van der Waals surface area contributed by atoms with Gasteiger partial charge in [0, 0.05) is 12.2 Å². The number of carbonyl (C=O) groups excluding carboxylic acids is 1. The lowest BCUT2D eigenvalue weighted by Crippen LogP contribution is -2.32. The lowest BCUT2D eigenvalue weighted by molar-refractivity contribution is -0.117.